The van der Waals surface area contributed by atoms with Crippen LogP contribution in [0.25, 0.3) is 0 Å². The van der Waals surface area contributed by atoms with E-state index < -0.39 is 0 Å². The second-order valence-corrected chi connectivity index (χ2v) is 3.93. The SMILES string of the molecule is Cc1noc(C)c1Cn1cc(C(C)N)nn1. The van der Waals surface area contributed by atoms with E-state index in [9.17, 15) is 0 Å². The summed E-state index contributed by atoms with van der Waals surface area (Å²) in [4.78, 5) is 0. The number of aromatic nitrogens is 4. The summed E-state index contributed by atoms with van der Waals surface area (Å²) in [7, 11) is 0. The van der Waals surface area contributed by atoms with Gasteiger partial charge in [0, 0.05) is 11.6 Å². The van der Waals surface area contributed by atoms with Crippen molar-refractivity contribution in [2.45, 2.75) is 33.4 Å². The van der Waals surface area contributed by atoms with Crippen molar-refractivity contribution >= 4 is 0 Å². The fourth-order valence-corrected chi connectivity index (χ4v) is 1.49. The van der Waals surface area contributed by atoms with E-state index in [1.165, 1.54) is 0 Å². The topological polar surface area (TPSA) is 82.8 Å². The van der Waals surface area contributed by atoms with Crippen molar-refractivity contribution < 1.29 is 4.52 Å². The molecule has 0 amide bonds. The van der Waals surface area contributed by atoms with Crippen LogP contribution in [0.1, 0.15) is 35.7 Å². The molecule has 86 valence electrons. The Morgan fingerprint density at radius 2 is 2.25 bits per heavy atom. The maximum Gasteiger partial charge on any atom is 0.138 e. The lowest BCUT2D eigenvalue weighted by Gasteiger charge is -1.99. The summed E-state index contributed by atoms with van der Waals surface area (Å²) < 4.78 is 6.83. The molecular weight excluding hydrogens is 206 g/mol. The van der Waals surface area contributed by atoms with E-state index in [2.05, 4.69) is 15.5 Å². The van der Waals surface area contributed by atoms with E-state index >= 15 is 0 Å². The molecule has 0 aliphatic carbocycles. The van der Waals surface area contributed by atoms with Crippen LogP contribution in [0, 0.1) is 13.8 Å². The summed E-state index contributed by atoms with van der Waals surface area (Å²) >= 11 is 0. The third kappa shape index (κ3) is 1.96. The minimum Gasteiger partial charge on any atom is -0.361 e. The normalized spacial score (nSPS) is 13.0. The fourth-order valence-electron chi connectivity index (χ4n) is 1.49. The van der Waals surface area contributed by atoms with Gasteiger partial charge in [0.05, 0.1) is 24.1 Å². The minimum absolute atomic E-state index is 0.0987. The van der Waals surface area contributed by atoms with Gasteiger partial charge in [-0.1, -0.05) is 10.4 Å². The molecule has 6 nitrogen and oxygen atoms in total. The summed E-state index contributed by atoms with van der Waals surface area (Å²) in [6, 6.07) is -0.0987. The van der Waals surface area contributed by atoms with Gasteiger partial charge in [-0.25, -0.2) is 4.68 Å². The molecular formula is C10H15N5O. The fraction of sp³-hybridized carbons (Fsp3) is 0.500. The van der Waals surface area contributed by atoms with Crippen molar-refractivity contribution in [3.05, 3.63) is 28.9 Å². The number of nitrogens with two attached hydrogens (primary N) is 1. The zero-order chi connectivity index (χ0) is 11.7. The third-order valence-electron chi connectivity index (χ3n) is 2.52. The molecule has 0 fully saturated rings. The molecule has 2 heterocycles. The Kier molecular flexibility index (Phi) is 2.74. The summed E-state index contributed by atoms with van der Waals surface area (Å²) in [6.45, 7) is 6.29. The highest BCUT2D eigenvalue weighted by atomic mass is 16.5. The van der Waals surface area contributed by atoms with E-state index in [0.29, 0.717) is 6.54 Å². The first kappa shape index (κ1) is 10.8. The molecule has 1 unspecified atom stereocenters. The molecule has 0 aliphatic rings. The van der Waals surface area contributed by atoms with Crippen LogP contribution in [0.4, 0.5) is 0 Å². The van der Waals surface area contributed by atoms with Crippen LogP contribution in [0.15, 0.2) is 10.7 Å². The zero-order valence-electron chi connectivity index (χ0n) is 9.64. The van der Waals surface area contributed by atoms with Gasteiger partial charge in [0.25, 0.3) is 0 Å². The average molecular weight is 221 g/mol. The van der Waals surface area contributed by atoms with Crippen LogP contribution in [0.5, 0.6) is 0 Å². The Morgan fingerprint density at radius 1 is 1.50 bits per heavy atom. The van der Waals surface area contributed by atoms with Crippen molar-refractivity contribution in [3.63, 3.8) is 0 Å². The van der Waals surface area contributed by atoms with Crippen molar-refractivity contribution in [3.8, 4) is 0 Å². The van der Waals surface area contributed by atoms with Crippen LogP contribution in [0.3, 0.4) is 0 Å². The molecule has 0 saturated heterocycles. The number of hydrogen-bond donors (Lipinski definition) is 1. The van der Waals surface area contributed by atoms with E-state index in [4.69, 9.17) is 10.3 Å². The predicted octanol–water partition coefficient (Wildman–Crippen LogP) is 0.951. The zero-order valence-corrected chi connectivity index (χ0v) is 9.64. The lowest BCUT2D eigenvalue weighted by molar-refractivity contribution is 0.391. The molecule has 0 saturated carbocycles. The van der Waals surface area contributed by atoms with Crippen molar-refractivity contribution in [1.82, 2.24) is 20.2 Å². The lowest BCUT2D eigenvalue weighted by atomic mass is 10.2. The molecule has 0 spiro atoms. The monoisotopic (exact) mass is 221 g/mol. The number of rotatable bonds is 3. The highest BCUT2D eigenvalue weighted by molar-refractivity contribution is 5.20. The maximum atomic E-state index is 5.71. The molecule has 0 radical (unpaired) electrons. The first-order chi connectivity index (χ1) is 7.58. The molecule has 0 aromatic carbocycles. The lowest BCUT2D eigenvalue weighted by Crippen LogP contribution is -2.05. The van der Waals surface area contributed by atoms with Crippen molar-refractivity contribution in [2.24, 2.45) is 5.73 Å². The maximum absolute atomic E-state index is 5.71. The second kappa shape index (κ2) is 4.05. The highest BCUT2D eigenvalue weighted by Crippen LogP contribution is 2.14. The first-order valence-corrected chi connectivity index (χ1v) is 5.15. The van der Waals surface area contributed by atoms with E-state index in [0.717, 1.165) is 22.7 Å². The molecule has 2 N–H and O–H groups in total. The van der Waals surface area contributed by atoms with Crippen LogP contribution in [-0.4, -0.2) is 20.2 Å². The molecule has 1 atom stereocenters. The Bertz CT molecular complexity index is 466. The molecule has 2 aromatic rings. The largest absolute Gasteiger partial charge is 0.361 e. The van der Waals surface area contributed by atoms with Crippen LogP contribution in [0.2, 0.25) is 0 Å². The average Bonchev–Trinajstić information content (AvgIpc) is 2.80. The van der Waals surface area contributed by atoms with Gasteiger partial charge in [-0.3, -0.25) is 0 Å². The molecule has 2 aromatic heterocycles. The van der Waals surface area contributed by atoms with Gasteiger partial charge in [0.2, 0.25) is 0 Å². The smallest absolute Gasteiger partial charge is 0.138 e. The summed E-state index contributed by atoms with van der Waals surface area (Å²) in [5, 5.41) is 11.9. The quantitative estimate of drug-likeness (QED) is 0.834. The summed E-state index contributed by atoms with van der Waals surface area (Å²) in [5.41, 5.74) is 8.42. The predicted molar refractivity (Wildman–Crippen MR) is 57.7 cm³/mol. The molecule has 6 heteroatoms. The van der Waals surface area contributed by atoms with Crippen LogP contribution >= 0.6 is 0 Å². The van der Waals surface area contributed by atoms with Gasteiger partial charge in [0.1, 0.15) is 5.76 Å². The number of nitrogens with zero attached hydrogens (tertiary/aromatic N) is 4. The van der Waals surface area contributed by atoms with Gasteiger partial charge in [-0.2, -0.15) is 0 Å². The Morgan fingerprint density at radius 3 is 2.75 bits per heavy atom. The van der Waals surface area contributed by atoms with E-state index in [1.54, 1.807) is 4.68 Å². The second-order valence-electron chi connectivity index (χ2n) is 3.93. The summed E-state index contributed by atoms with van der Waals surface area (Å²) in [5.74, 6) is 0.815. The highest BCUT2D eigenvalue weighted by Gasteiger charge is 2.11. The Balaban J connectivity index is 2.21. The van der Waals surface area contributed by atoms with E-state index in [-0.39, 0.29) is 6.04 Å². The minimum atomic E-state index is -0.0987. The Hall–Kier alpha value is -1.69. The Labute approximate surface area is 93.4 Å². The number of aryl methyl sites for hydroxylation is 2. The molecule has 16 heavy (non-hydrogen) atoms. The van der Waals surface area contributed by atoms with Gasteiger partial charge in [-0.05, 0) is 20.8 Å². The van der Waals surface area contributed by atoms with Gasteiger partial charge >= 0.3 is 0 Å². The van der Waals surface area contributed by atoms with Crippen molar-refractivity contribution in [2.75, 3.05) is 0 Å². The van der Waals surface area contributed by atoms with Gasteiger partial charge in [-0.15, -0.1) is 5.10 Å². The summed E-state index contributed by atoms with van der Waals surface area (Å²) in [6.07, 6.45) is 1.84. The molecule has 2 rings (SSSR count). The standard InChI is InChI=1S/C10H15N5O/c1-6(11)10-5-15(14-12-10)4-9-7(2)13-16-8(9)3/h5-6H,4,11H2,1-3H3. The molecule has 0 bridgehead atoms. The van der Waals surface area contributed by atoms with Crippen LogP contribution in [-0.2, 0) is 6.54 Å². The third-order valence-corrected chi connectivity index (χ3v) is 2.52. The van der Waals surface area contributed by atoms with Crippen molar-refractivity contribution in [1.29, 1.82) is 0 Å². The number of hydrogen-bond acceptors (Lipinski definition) is 5. The van der Waals surface area contributed by atoms with Crippen LogP contribution < -0.4 is 5.73 Å². The molecule has 0 aliphatic heterocycles. The first-order valence-electron chi connectivity index (χ1n) is 5.15. The van der Waals surface area contributed by atoms with E-state index in [1.807, 2.05) is 27.0 Å². The van der Waals surface area contributed by atoms with Gasteiger partial charge in [0.15, 0.2) is 0 Å². The van der Waals surface area contributed by atoms with Gasteiger partial charge < -0.3 is 10.3 Å².